The molecule has 0 saturated carbocycles. The number of hydrogen-bond acceptors (Lipinski definition) is 2. The molecule has 96 valence electrons. The Morgan fingerprint density at radius 1 is 1.11 bits per heavy atom. The normalized spacial score (nSPS) is 11.9. The summed E-state index contributed by atoms with van der Waals surface area (Å²) in [7, 11) is 0. The van der Waals surface area contributed by atoms with E-state index < -0.39 is 0 Å². The Hall–Kier alpha value is -1.06. The standard InChI is InChI=1S/C13H15Cl2N3/c1-8-5-6-9(14)10(7-8)18-11(13(2,3)4)16-17-12(18)15/h5-7H,1-4H3. The Labute approximate surface area is 117 Å². The summed E-state index contributed by atoms with van der Waals surface area (Å²) in [5, 5.41) is 9.07. The summed E-state index contributed by atoms with van der Waals surface area (Å²) in [5.74, 6) is 0.792. The fourth-order valence-corrected chi connectivity index (χ4v) is 2.17. The van der Waals surface area contributed by atoms with Gasteiger partial charge in [0.2, 0.25) is 5.28 Å². The van der Waals surface area contributed by atoms with Crippen LogP contribution in [0, 0.1) is 6.92 Å². The average Bonchev–Trinajstić information content (AvgIpc) is 2.63. The van der Waals surface area contributed by atoms with Crippen LogP contribution >= 0.6 is 23.2 Å². The first-order valence-electron chi connectivity index (χ1n) is 5.68. The predicted octanol–water partition coefficient (Wildman–Crippen LogP) is 4.18. The molecule has 0 radical (unpaired) electrons. The molecule has 5 heteroatoms. The van der Waals surface area contributed by atoms with Crippen LogP contribution in [0.15, 0.2) is 18.2 Å². The van der Waals surface area contributed by atoms with Crippen molar-refractivity contribution in [2.45, 2.75) is 33.1 Å². The van der Waals surface area contributed by atoms with Gasteiger partial charge in [0, 0.05) is 5.41 Å². The molecular weight excluding hydrogens is 269 g/mol. The van der Waals surface area contributed by atoms with Crippen molar-refractivity contribution in [2.75, 3.05) is 0 Å². The minimum absolute atomic E-state index is 0.160. The van der Waals surface area contributed by atoms with E-state index >= 15 is 0 Å². The van der Waals surface area contributed by atoms with Crippen molar-refractivity contribution in [2.24, 2.45) is 0 Å². The van der Waals surface area contributed by atoms with Gasteiger partial charge in [0.1, 0.15) is 5.82 Å². The Kier molecular flexibility index (Phi) is 3.39. The van der Waals surface area contributed by atoms with E-state index in [-0.39, 0.29) is 5.41 Å². The molecule has 0 aliphatic rings. The summed E-state index contributed by atoms with van der Waals surface area (Å²) in [6, 6.07) is 5.79. The van der Waals surface area contributed by atoms with E-state index in [2.05, 4.69) is 31.0 Å². The number of hydrogen-bond donors (Lipinski definition) is 0. The summed E-state index contributed by atoms with van der Waals surface area (Å²) in [5.41, 5.74) is 1.77. The van der Waals surface area contributed by atoms with Crippen molar-refractivity contribution in [1.29, 1.82) is 0 Å². The Morgan fingerprint density at radius 3 is 2.39 bits per heavy atom. The first-order chi connectivity index (χ1) is 8.30. The van der Waals surface area contributed by atoms with E-state index in [0.717, 1.165) is 17.1 Å². The lowest BCUT2D eigenvalue weighted by Gasteiger charge is -2.19. The zero-order valence-electron chi connectivity index (χ0n) is 10.8. The number of aryl methyl sites for hydroxylation is 1. The molecule has 18 heavy (non-hydrogen) atoms. The fraction of sp³-hybridized carbons (Fsp3) is 0.385. The van der Waals surface area contributed by atoms with E-state index in [1.165, 1.54) is 0 Å². The van der Waals surface area contributed by atoms with E-state index in [4.69, 9.17) is 23.2 Å². The molecule has 0 amide bonds. The molecule has 0 fully saturated rings. The van der Waals surface area contributed by atoms with E-state index in [1.54, 1.807) is 4.57 Å². The number of aromatic nitrogens is 3. The average molecular weight is 284 g/mol. The smallest absolute Gasteiger partial charge is 0.229 e. The second-order valence-electron chi connectivity index (χ2n) is 5.33. The van der Waals surface area contributed by atoms with Crippen molar-refractivity contribution < 1.29 is 0 Å². The molecule has 0 atom stereocenters. The maximum Gasteiger partial charge on any atom is 0.229 e. The van der Waals surface area contributed by atoms with Gasteiger partial charge >= 0.3 is 0 Å². The lowest BCUT2D eigenvalue weighted by Crippen LogP contribution is -2.18. The molecule has 3 nitrogen and oxygen atoms in total. The van der Waals surface area contributed by atoms with Crippen LogP contribution in [-0.4, -0.2) is 14.8 Å². The Bertz CT molecular complexity index is 582. The quantitative estimate of drug-likeness (QED) is 0.786. The molecule has 2 aromatic rings. The summed E-state index contributed by atoms with van der Waals surface area (Å²) in [6.45, 7) is 8.20. The predicted molar refractivity (Wildman–Crippen MR) is 74.8 cm³/mol. The summed E-state index contributed by atoms with van der Waals surface area (Å²) < 4.78 is 1.80. The second kappa shape index (κ2) is 4.56. The van der Waals surface area contributed by atoms with Gasteiger partial charge in [-0.3, -0.25) is 4.57 Å². The van der Waals surface area contributed by atoms with Crippen LogP contribution in [0.4, 0.5) is 0 Å². The highest BCUT2D eigenvalue weighted by atomic mass is 35.5. The molecule has 0 N–H and O–H groups in total. The zero-order valence-corrected chi connectivity index (χ0v) is 12.3. The molecule has 2 rings (SSSR count). The SMILES string of the molecule is Cc1ccc(Cl)c(-n2c(Cl)nnc2C(C)(C)C)c1. The van der Waals surface area contributed by atoms with Gasteiger partial charge in [0.05, 0.1) is 10.7 Å². The van der Waals surface area contributed by atoms with Crippen LogP contribution in [0.1, 0.15) is 32.2 Å². The van der Waals surface area contributed by atoms with Crippen LogP contribution in [0.3, 0.4) is 0 Å². The van der Waals surface area contributed by atoms with Crippen molar-refractivity contribution in [1.82, 2.24) is 14.8 Å². The number of halogens is 2. The molecule has 0 bridgehead atoms. The summed E-state index contributed by atoms with van der Waals surface area (Å²) in [6.07, 6.45) is 0. The van der Waals surface area contributed by atoms with Gasteiger partial charge in [-0.15, -0.1) is 10.2 Å². The van der Waals surface area contributed by atoms with Gasteiger partial charge in [0.25, 0.3) is 0 Å². The maximum atomic E-state index is 6.25. The Balaban J connectivity index is 2.71. The molecule has 0 saturated heterocycles. The highest BCUT2D eigenvalue weighted by Crippen LogP contribution is 2.30. The van der Waals surface area contributed by atoms with Crippen molar-refractivity contribution >= 4 is 23.2 Å². The number of benzene rings is 1. The summed E-state index contributed by atoms with van der Waals surface area (Å²) >= 11 is 12.4. The van der Waals surface area contributed by atoms with Gasteiger partial charge in [-0.25, -0.2) is 0 Å². The van der Waals surface area contributed by atoms with E-state index in [9.17, 15) is 0 Å². The first kappa shape index (κ1) is 13.4. The molecule has 1 aromatic carbocycles. The van der Waals surface area contributed by atoms with Crippen LogP contribution in [0.2, 0.25) is 10.3 Å². The monoisotopic (exact) mass is 283 g/mol. The van der Waals surface area contributed by atoms with Crippen LogP contribution in [0.25, 0.3) is 5.69 Å². The van der Waals surface area contributed by atoms with Gasteiger partial charge in [0.15, 0.2) is 0 Å². The van der Waals surface area contributed by atoms with Crippen LogP contribution < -0.4 is 0 Å². The molecule has 0 aliphatic carbocycles. The van der Waals surface area contributed by atoms with Gasteiger partial charge in [-0.2, -0.15) is 0 Å². The summed E-state index contributed by atoms with van der Waals surface area (Å²) in [4.78, 5) is 0. The third kappa shape index (κ3) is 2.38. The van der Waals surface area contributed by atoms with Gasteiger partial charge < -0.3 is 0 Å². The van der Waals surface area contributed by atoms with Crippen LogP contribution in [-0.2, 0) is 5.41 Å². The third-order valence-corrected chi connectivity index (χ3v) is 3.20. The molecule has 0 unspecified atom stereocenters. The number of rotatable bonds is 1. The van der Waals surface area contributed by atoms with Crippen molar-refractivity contribution in [3.8, 4) is 5.69 Å². The maximum absolute atomic E-state index is 6.25. The minimum Gasteiger partial charge on any atom is -0.268 e. The largest absolute Gasteiger partial charge is 0.268 e. The molecule has 0 spiro atoms. The highest BCUT2D eigenvalue weighted by molar-refractivity contribution is 6.33. The minimum atomic E-state index is -0.160. The molecule has 1 heterocycles. The van der Waals surface area contributed by atoms with E-state index in [1.807, 2.05) is 25.1 Å². The van der Waals surface area contributed by atoms with Crippen LogP contribution in [0.5, 0.6) is 0 Å². The van der Waals surface area contributed by atoms with Gasteiger partial charge in [-0.05, 0) is 36.2 Å². The second-order valence-corrected chi connectivity index (χ2v) is 6.08. The first-order valence-corrected chi connectivity index (χ1v) is 6.44. The Morgan fingerprint density at radius 2 is 1.78 bits per heavy atom. The highest BCUT2D eigenvalue weighted by Gasteiger charge is 2.25. The van der Waals surface area contributed by atoms with Crippen molar-refractivity contribution in [3.05, 3.63) is 39.9 Å². The van der Waals surface area contributed by atoms with Gasteiger partial charge in [-0.1, -0.05) is 38.4 Å². The lowest BCUT2D eigenvalue weighted by molar-refractivity contribution is 0.533. The topological polar surface area (TPSA) is 30.7 Å². The molecule has 0 aliphatic heterocycles. The van der Waals surface area contributed by atoms with E-state index in [0.29, 0.717) is 10.3 Å². The fourth-order valence-electron chi connectivity index (χ4n) is 1.76. The molecule has 1 aromatic heterocycles. The molecular formula is C13H15Cl2N3. The lowest BCUT2D eigenvalue weighted by atomic mass is 9.95. The zero-order chi connectivity index (χ0) is 13.5. The number of nitrogens with zero attached hydrogens (tertiary/aromatic N) is 3. The van der Waals surface area contributed by atoms with Crippen molar-refractivity contribution in [3.63, 3.8) is 0 Å². The third-order valence-electron chi connectivity index (χ3n) is 2.64.